The van der Waals surface area contributed by atoms with Crippen molar-refractivity contribution in [3.05, 3.63) is 64.8 Å². The highest BCUT2D eigenvalue weighted by atomic mass is 32.1. The van der Waals surface area contributed by atoms with E-state index >= 15 is 0 Å². The van der Waals surface area contributed by atoms with Crippen LogP contribution in [-0.2, 0) is 11.3 Å². The van der Waals surface area contributed by atoms with E-state index in [1.54, 1.807) is 12.1 Å². The highest BCUT2D eigenvalue weighted by molar-refractivity contribution is 7.20. The maximum absolute atomic E-state index is 13.8. The van der Waals surface area contributed by atoms with Gasteiger partial charge < -0.3 is 14.8 Å². The van der Waals surface area contributed by atoms with Gasteiger partial charge in [-0.1, -0.05) is 18.2 Å². The van der Waals surface area contributed by atoms with Gasteiger partial charge in [0, 0.05) is 36.3 Å². The maximum Gasteiger partial charge on any atom is 0.261 e. The molecule has 5 nitrogen and oxygen atoms in total. The van der Waals surface area contributed by atoms with Gasteiger partial charge in [-0.3, -0.25) is 9.69 Å². The number of hydrogen-bond acceptors (Lipinski definition) is 5. The van der Waals surface area contributed by atoms with Gasteiger partial charge in [-0.2, -0.15) is 0 Å². The smallest absolute Gasteiger partial charge is 0.261 e. The van der Waals surface area contributed by atoms with Crippen molar-refractivity contribution in [1.29, 1.82) is 0 Å². The number of fused-ring (bicyclic) bond motifs is 1. The Kier molecular flexibility index (Phi) is 6.39. The third-order valence-electron chi connectivity index (χ3n) is 4.86. The quantitative estimate of drug-likeness (QED) is 0.641. The molecule has 1 saturated heterocycles. The second-order valence-corrected chi connectivity index (χ2v) is 7.98. The van der Waals surface area contributed by atoms with Gasteiger partial charge in [0.1, 0.15) is 18.2 Å². The summed E-state index contributed by atoms with van der Waals surface area (Å²) < 4.78 is 25.8. The maximum atomic E-state index is 13.8. The van der Waals surface area contributed by atoms with Crippen molar-refractivity contribution < 1.29 is 18.7 Å². The van der Waals surface area contributed by atoms with E-state index < -0.39 is 0 Å². The van der Waals surface area contributed by atoms with Crippen molar-refractivity contribution in [3.8, 4) is 5.75 Å². The molecule has 3 aromatic rings. The zero-order chi connectivity index (χ0) is 20.1. The molecule has 29 heavy (non-hydrogen) atoms. The number of carbonyl (C=O) groups excluding carboxylic acids is 1. The lowest BCUT2D eigenvalue weighted by Crippen LogP contribution is -2.38. The van der Waals surface area contributed by atoms with Crippen LogP contribution in [0.2, 0.25) is 0 Å². The van der Waals surface area contributed by atoms with Crippen molar-refractivity contribution in [3.63, 3.8) is 0 Å². The second kappa shape index (κ2) is 9.35. The summed E-state index contributed by atoms with van der Waals surface area (Å²) in [6.45, 7) is 5.31. The first kappa shape index (κ1) is 19.8. The topological polar surface area (TPSA) is 50.8 Å². The summed E-state index contributed by atoms with van der Waals surface area (Å²) in [7, 11) is 0. The van der Waals surface area contributed by atoms with E-state index in [-0.39, 0.29) is 11.7 Å². The summed E-state index contributed by atoms with van der Waals surface area (Å²) in [5.41, 5.74) is 0.953. The molecule has 0 unspecified atom stereocenters. The number of benzene rings is 2. The number of nitrogens with one attached hydrogen (secondary N) is 1. The first-order chi connectivity index (χ1) is 14.2. The second-order valence-electron chi connectivity index (χ2n) is 6.89. The van der Waals surface area contributed by atoms with E-state index in [4.69, 9.17) is 9.47 Å². The number of thiophene rings is 1. The molecule has 0 spiro atoms. The number of ether oxygens (including phenoxy) is 2. The van der Waals surface area contributed by atoms with Crippen LogP contribution in [0.5, 0.6) is 5.75 Å². The normalized spacial score (nSPS) is 14.8. The number of rotatable bonds is 7. The molecular formula is C22H23FN2O3S. The standard InChI is InChI=1S/C22H23FN2O3S/c23-19-5-2-6-20-18(19)14-21(29-20)22(26)24-15-16-3-1-4-17(13-16)28-12-9-25-7-10-27-11-8-25/h1-6,13-14H,7-12,15H2,(H,24,26). The van der Waals surface area contributed by atoms with Crippen LogP contribution in [0.3, 0.4) is 0 Å². The summed E-state index contributed by atoms with van der Waals surface area (Å²) in [4.78, 5) is 15.3. The first-order valence-corrected chi connectivity index (χ1v) is 10.5. The fourth-order valence-electron chi connectivity index (χ4n) is 3.27. The zero-order valence-electron chi connectivity index (χ0n) is 16.0. The minimum atomic E-state index is -0.306. The van der Waals surface area contributed by atoms with E-state index in [1.807, 2.05) is 30.3 Å². The average molecular weight is 415 g/mol. The fourth-order valence-corrected chi connectivity index (χ4v) is 4.26. The number of halogens is 1. The summed E-state index contributed by atoms with van der Waals surface area (Å²) in [6, 6.07) is 14.2. The molecule has 0 bridgehead atoms. The Morgan fingerprint density at radius 3 is 2.83 bits per heavy atom. The molecule has 1 amide bonds. The van der Waals surface area contributed by atoms with Gasteiger partial charge in [0.15, 0.2) is 0 Å². The molecule has 0 atom stereocenters. The number of hydrogen-bond donors (Lipinski definition) is 1. The van der Waals surface area contributed by atoms with Crippen LogP contribution in [0.25, 0.3) is 10.1 Å². The van der Waals surface area contributed by atoms with Crippen molar-refractivity contribution >= 4 is 27.3 Å². The number of amides is 1. The molecule has 1 fully saturated rings. The summed E-state index contributed by atoms with van der Waals surface area (Å²) >= 11 is 1.29. The van der Waals surface area contributed by atoms with E-state index in [2.05, 4.69) is 10.2 Å². The van der Waals surface area contributed by atoms with Gasteiger partial charge in [0.2, 0.25) is 0 Å². The molecular weight excluding hydrogens is 391 g/mol. The molecule has 152 valence electrons. The SMILES string of the molecule is O=C(NCc1cccc(OCCN2CCOCC2)c1)c1cc2c(F)cccc2s1. The van der Waals surface area contributed by atoms with Gasteiger partial charge >= 0.3 is 0 Å². The van der Waals surface area contributed by atoms with Gasteiger partial charge in [0.25, 0.3) is 5.91 Å². The Labute approximate surface area is 173 Å². The van der Waals surface area contributed by atoms with Crippen molar-refractivity contribution in [1.82, 2.24) is 10.2 Å². The molecule has 0 saturated carbocycles. The third kappa shape index (κ3) is 5.12. The monoisotopic (exact) mass is 414 g/mol. The van der Waals surface area contributed by atoms with Gasteiger partial charge in [-0.25, -0.2) is 4.39 Å². The Bertz CT molecular complexity index is 985. The summed E-state index contributed by atoms with van der Waals surface area (Å²) in [6.07, 6.45) is 0. The van der Waals surface area contributed by atoms with E-state index in [9.17, 15) is 9.18 Å². The van der Waals surface area contributed by atoms with Crippen LogP contribution < -0.4 is 10.1 Å². The molecule has 7 heteroatoms. The minimum Gasteiger partial charge on any atom is -0.492 e. The summed E-state index contributed by atoms with van der Waals surface area (Å²) in [5.74, 6) is 0.276. The lowest BCUT2D eigenvalue weighted by Gasteiger charge is -2.26. The van der Waals surface area contributed by atoms with Crippen LogP contribution in [0, 0.1) is 5.82 Å². The fraction of sp³-hybridized carbons (Fsp3) is 0.318. The van der Waals surface area contributed by atoms with E-state index in [0.29, 0.717) is 23.4 Å². The van der Waals surface area contributed by atoms with E-state index in [0.717, 1.165) is 48.9 Å². The highest BCUT2D eigenvalue weighted by Crippen LogP contribution is 2.27. The Morgan fingerprint density at radius 1 is 1.17 bits per heavy atom. The Morgan fingerprint density at radius 2 is 2.00 bits per heavy atom. The van der Waals surface area contributed by atoms with Gasteiger partial charge in [0.05, 0.1) is 18.1 Å². The van der Waals surface area contributed by atoms with Crippen molar-refractivity contribution in [2.45, 2.75) is 6.54 Å². The van der Waals surface area contributed by atoms with Crippen LogP contribution in [0.4, 0.5) is 4.39 Å². The molecule has 1 aliphatic heterocycles. The highest BCUT2D eigenvalue weighted by Gasteiger charge is 2.13. The number of carbonyl (C=O) groups is 1. The molecule has 1 N–H and O–H groups in total. The molecule has 4 rings (SSSR count). The van der Waals surface area contributed by atoms with Crippen molar-refractivity contribution in [2.24, 2.45) is 0 Å². The largest absolute Gasteiger partial charge is 0.492 e. The lowest BCUT2D eigenvalue weighted by molar-refractivity contribution is 0.0322. The summed E-state index contributed by atoms with van der Waals surface area (Å²) in [5, 5.41) is 3.39. The van der Waals surface area contributed by atoms with Crippen LogP contribution in [0.15, 0.2) is 48.5 Å². The molecule has 1 aromatic heterocycles. The molecule has 2 aromatic carbocycles. The van der Waals surface area contributed by atoms with Gasteiger partial charge in [-0.15, -0.1) is 11.3 Å². The first-order valence-electron chi connectivity index (χ1n) is 9.67. The number of nitrogens with zero attached hydrogens (tertiary/aromatic N) is 1. The zero-order valence-corrected chi connectivity index (χ0v) is 16.8. The van der Waals surface area contributed by atoms with Crippen LogP contribution in [0.1, 0.15) is 15.2 Å². The molecule has 2 heterocycles. The van der Waals surface area contributed by atoms with E-state index in [1.165, 1.54) is 17.4 Å². The Hall–Kier alpha value is -2.48. The molecule has 1 aliphatic rings. The minimum absolute atomic E-state index is 0.204. The number of morpholine rings is 1. The molecule has 0 radical (unpaired) electrons. The molecule has 0 aliphatic carbocycles. The van der Waals surface area contributed by atoms with Crippen LogP contribution in [-0.4, -0.2) is 50.3 Å². The van der Waals surface area contributed by atoms with Crippen molar-refractivity contribution in [2.75, 3.05) is 39.5 Å². The lowest BCUT2D eigenvalue weighted by atomic mass is 10.2. The van der Waals surface area contributed by atoms with Crippen LogP contribution >= 0.6 is 11.3 Å². The van der Waals surface area contributed by atoms with Gasteiger partial charge in [-0.05, 0) is 35.9 Å². The predicted octanol–water partition coefficient (Wildman–Crippen LogP) is 3.68. The average Bonchev–Trinajstić information content (AvgIpc) is 3.19. The Balaban J connectivity index is 1.30. The predicted molar refractivity (Wildman–Crippen MR) is 112 cm³/mol. The third-order valence-corrected chi connectivity index (χ3v) is 5.96.